The second kappa shape index (κ2) is 15.4. The van der Waals surface area contributed by atoms with Gasteiger partial charge in [-0.3, -0.25) is 24.2 Å². The van der Waals surface area contributed by atoms with Gasteiger partial charge in [-0.25, -0.2) is 0 Å². The van der Waals surface area contributed by atoms with Crippen molar-refractivity contribution in [1.82, 2.24) is 9.55 Å². The first-order valence-electron chi connectivity index (χ1n) is 14.5. The number of esters is 3. The van der Waals surface area contributed by atoms with Crippen LogP contribution in [0.4, 0.5) is 0 Å². The Morgan fingerprint density at radius 2 is 1.59 bits per heavy atom. The molecule has 44 heavy (non-hydrogen) atoms. The van der Waals surface area contributed by atoms with Crippen LogP contribution in [0.15, 0.2) is 48.7 Å². The standard InChI is InChI=1S/C35H34N2O7/c1-4-6-9-15-31(38)42-22-26-21-36-24(3)34(28(26)23-43-32(39)16-10-7-5-2)44-35(41)27-19-20-37-29(27)17-18-30(37)33(40)25-13-11-8-12-14-25/h1-2,8,11-14,17-18,21,27H,6-7,9-10,15-16,19-20,22-23H2,3H3. The van der Waals surface area contributed by atoms with E-state index in [1.54, 1.807) is 43.3 Å². The minimum atomic E-state index is -0.622. The lowest BCUT2D eigenvalue weighted by atomic mass is 10.0. The first-order valence-corrected chi connectivity index (χ1v) is 14.5. The molecule has 0 amide bonds. The SMILES string of the molecule is C#CCCCC(=O)OCc1cnc(C)c(OC(=O)C2CCn3c(C(=O)c4ccccc4)ccc32)c1COC(=O)CCCC#C. The summed E-state index contributed by atoms with van der Waals surface area (Å²) in [5.74, 6) is 2.92. The van der Waals surface area contributed by atoms with Gasteiger partial charge in [0.2, 0.25) is 5.78 Å². The number of ketones is 1. The molecule has 4 rings (SSSR count). The highest BCUT2D eigenvalue weighted by Crippen LogP contribution is 2.35. The molecule has 1 aliphatic heterocycles. The molecule has 9 heteroatoms. The number of aryl methyl sites for hydroxylation is 1. The summed E-state index contributed by atoms with van der Waals surface area (Å²) in [6.07, 6.45) is 14.6. The number of benzene rings is 1. The normalized spacial score (nSPS) is 13.3. The van der Waals surface area contributed by atoms with Crippen molar-refractivity contribution >= 4 is 23.7 Å². The molecule has 0 N–H and O–H groups in total. The van der Waals surface area contributed by atoms with Crippen LogP contribution < -0.4 is 4.74 Å². The van der Waals surface area contributed by atoms with E-state index in [0.717, 1.165) is 0 Å². The van der Waals surface area contributed by atoms with E-state index < -0.39 is 23.8 Å². The summed E-state index contributed by atoms with van der Waals surface area (Å²) in [5, 5.41) is 0. The number of hydrogen-bond donors (Lipinski definition) is 0. The van der Waals surface area contributed by atoms with Crippen molar-refractivity contribution in [2.75, 3.05) is 0 Å². The summed E-state index contributed by atoms with van der Waals surface area (Å²) in [6.45, 7) is 1.77. The maximum absolute atomic E-state index is 13.6. The largest absolute Gasteiger partial charge is 0.461 e. The molecule has 1 unspecified atom stereocenters. The number of pyridine rings is 1. The Morgan fingerprint density at radius 3 is 2.25 bits per heavy atom. The topological polar surface area (TPSA) is 114 Å². The highest BCUT2D eigenvalue weighted by molar-refractivity contribution is 6.08. The Kier molecular flexibility index (Phi) is 11.1. The van der Waals surface area contributed by atoms with E-state index in [1.807, 2.05) is 10.6 Å². The smallest absolute Gasteiger partial charge is 0.320 e. The van der Waals surface area contributed by atoms with Crippen molar-refractivity contribution in [3.05, 3.63) is 82.4 Å². The van der Waals surface area contributed by atoms with Crippen LogP contribution in [0.1, 0.15) is 89.4 Å². The fourth-order valence-electron chi connectivity index (χ4n) is 5.01. The third-order valence-electron chi connectivity index (χ3n) is 7.34. The number of fused-ring (bicyclic) bond motifs is 1. The van der Waals surface area contributed by atoms with Gasteiger partial charge in [0, 0.05) is 60.8 Å². The Morgan fingerprint density at radius 1 is 0.932 bits per heavy atom. The van der Waals surface area contributed by atoms with E-state index in [0.29, 0.717) is 72.4 Å². The molecule has 226 valence electrons. The monoisotopic (exact) mass is 594 g/mol. The van der Waals surface area contributed by atoms with Gasteiger partial charge in [0.05, 0.1) is 17.3 Å². The maximum Gasteiger partial charge on any atom is 0.320 e. The van der Waals surface area contributed by atoms with Crippen LogP contribution in [0.2, 0.25) is 0 Å². The number of carbonyl (C=O) groups is 4. The molecule has 2 aromatic heterocycles. The van der Waals surface area contributed by atoms with Crippen molar-refractivity contribution in [1.29, 1.82) is 0 Å². The van der Waals surface area contributed by atoms with E-state index in [-0.39, 0.29) is 37.6 Å². The van der Waals surface area contributed by atoms with E-state index >= 15 is 0 Å². The van der Waals surface area contributed by atoms with Crippen molar-refractivity contribution in [3.63, 3.8) is 0 Å². The van der Waals surface area contributed by atoms with Gasteiger partial charge < -0.3 is 18.8 Å². The van der Waals surface area contributed by atoms with Gasteiger partial charge in [0.25, 0.3) is 0 Å². The number of terminal acetylenes is 2. The lowest BCUT2D eigenvalue weighted by Crippen LogP contribution is -2.20. The predicted octanol–water partition coefficient (Wildman–Crippen LogP) is 5.21. The van der Waals surface area contributed by atoms with Gasteiger partial charge >= 0.3 is 17.9 Å². The quantitative estimate of drug-likeness (QED) is 0.108. The number of hydrogen-bond acceptors (Lipinski definition) is 8. The number of nitrogens with zero attached hydrogens (tertiary/aromatic N) is 2. The van der Waals surface area contributed by atoms with E-state index in [1.165, 1.54) is 6.20 Å². The van der Waals surface area contributed by atoms with Crippen LogP contribution in [-0.4, -0.2) is 33.2 Å². The molecule has 0 fully saturated rings. The fourth-order valence-corrected chi connectivity index (χ4v) is 5.01. The molecule has 0 saturated heterocycles. The summed E-state index contributed by atoms with van der Waals surface area (Å²) >= 11 is 0. The van der Waals surface area contributed by atoms with Crippen molar-refractivity contribution in [2.45, 2.75) is 77.5 Å². The van der Waals surface area contributed by atoms with Gasteiger partial charge in [-0.2, -0.15) is 0 Å². The molecule has 0 radical (unpaired) electrons. The van der Waals surface area contributed by atoms with Crippen LogP contribution in [0.25, 0.3) is 0 Å². The molecule has 1 aromatic carbocycles. The van der Waals surface area contributed by atoms with Crippen LogP contribution >= 0.6 is 0 Å². The lowest BCUT2D eigenvalue weighted by molar-refractivity contribution is -0.146. The highest BCUT2D eigenvalue weighted by atomic mass is 16.6. The Bertz CT molecular complexity index is 1610. The number of rotatable bonds is 14. The summed E-state index contributed by atoms with van der Waals surface area (Å²) < 4.78 is 18.7. The van der Waals surface area contributed by atoms with E-state index in [2.05, 4.69) is 16.8 Å². The second-order valence-electron chi connectivity index (χ2n) is 10.4. The third kappa shape index (κ3) is 7.81. The second-order valence-corrected chi connectivity index (χ2v) is 10.4. The minimum absolute atomic E-state index is 0.126. The van der Waals surface area contributed by atoms with Crippen molar-refractivity contribution < 1.29 is 33.4 Å². The van der Waals surface area contributed by atoms with Crippen LogP contribution in [0.5, 0.6) is 5.75 Å². The molecule has 3 heterocycles. The molecule has 9 nitrogen and oxygen atoms in total. The number of aromatic nitrogens is 2. The number of ether oxygens (including phenoxy) is 3. The van der Waals surface area contributed by atoms with Crippen LogP contribution in [-0.2, 0) is 43.6 Å². The van der Waals surface area contributed by atoms with Gasteiger partial charge in [-0.05, 0) is 38.3 Å². The highest BCUT2D eigenvalue weighted by Gasteiger charge is 2.34. The molecular formula is C35H34N2O7. The molecule has 3 aromatic rings. The molecule has 1 atom stereocenters. The van der Waals surface area contributed by atoms with Gasteiger partial charge in [-0.15, -0.1) is 24.7 Å². The summed E-state index contributed by atoms with van der Waals surface area (Å²) in [7, 11) is 0. The molecule has 0 aliphatic carbocycles. The maximum atomic E-state index is 13.6. The summed E-state index contributed by atoms with van der Waals surface area (Å²) in [4.78, 5) is 55.7. The number of unbranched alkanes of at least 4 members (excludes halogenated alkanes) is 2. The molecule has 0 spiro atoms. The Balaban J connectivity index is 1.54. The minimum Gasteiger partial charge on any atom is -0.461 e. The van der Waals surface area contributed by atoms with Gasteiger partial charge in [0.1, 0.15) is 13.2 Å². The average Bonchev–Trinajstić information content (AvgIpc) is 3.64. The van der Waals surface area contributed by atoms with Crippen LogP contribution in [0, 0.1) is 31.6 Å². The first-order chi connectivity index (χ1) is 21.3. The Hall–Kier alpha value is -5.15. The predicted molar refractivity (Wildman–Crippen MR) is 161 cm³/mol. The van der Waals surface area contributed by atoms with E-state index in [4.69, 9.17) is 27.1 Å². The lowest BCUT2D eigenvalue weighted by Gasteiger charge is -2.18. The average molecular weight is 595 g/mol. The van der Waals surface area contributed by atoms with Crippen molar-refractivity contribution in [3.8, 4) is 30.4 Å². The molecule has 0 bridgehead atoms. The molecule has 1 aliphatic rings. The summed E-state index contributed by atoms with van der Waals surface area (Å²) in [6, 6.07) is 12.5. The van der Waals surface area contributed by atoms with E-state index in [9.17, 15) is 19.2 Å². The molecular weight excluding hydrogens is 560 g/mol. The summed E-state index contributed by atoms with van der Waals surface area (Å²) in [5.41, 5.74) is 2.95. The van der Waals surface area contributed by atoms with Gasteiger partial charge in [0.15, 0.2) is 5.75 Å². The van der Waals surface area contributed by atoms with Crippen molar-refractivity contribution in [2.24, 2.45) is 0 Å². The number of carbonyl (C=O) groups excluding carboxylic acids is 4. The fraction of sp³-hybridized carbons (Fsp3) is 0.343. The van der Waals surface area contributed by atoms with Crippen LogP contribution in [0.3, 0.4) is 0 Å². The third-order valence-corrected chi connectivity index (χ3v) is 7.34. The zero-order chi connectivity index (χ0) is 31.5. The Labute approximate surface area is 256 Å². The molecule has 0 saturated carbocycles. The first kappa shape index (κ1) is 31.8. The zero-order valence-corrected chi connectivity index (χ0v) is 24.7. The van der Waals surface area contributed by atoms with Gasteiger partial charge in [-0.1, -0.05) is 30.3 Å². The zero-order valence-electron chi connectivity index (χ0n) is 24.7.